The highest BCUT2D eigenvalue weighted by molar-refractivity contribution is 7.11. The summed E-state index contributed by atoms with van der Waals surface area (Å²) in [7, 11) is 0. The van der Waals surface area contributed by atoms with Gasteiger partial charge in [-0.15, -0.1) is 0 Å². The molecular formula is C24H26BF2-. The van der Waals surface area contributed by atoms with Crippen LogP contribution in [0.2, 0.25) is 6.32 Å². The molecule has 0 saturated carbocycles. The van der Waals surface area contributed by atoms with Crippen molar-refractivity contribution in [3.63, 3.8) is 0 Å². The summed E-state index contributed by atoms with van der Waals surface area (Å²) in [6, 6.07) is 24.1. The van der Waals surface area contributed by atoms with Crippen molar-refractivity contribution in [3.8, 4) is 0 Å². The van der Waals surface area contributed by atoms with Gasteiger partial charge in [-0.05, 0) is 24.3 Å². The Labute approximate surface area is 161 Å². The van der Waals surface area contributed by atoms with E-state index in [0.29, 0.717) is 0 Å². The lowest BCUT2D eigenvalue weighted by molar-refractivity contribution is 0.628. The van der Waals surface area contributed by atoms with Crippen LogP contribution in [-0.4, -0.2) is 6.15 Å². The molecular weight excluding hydrogens is 337 g/mol. The van der Waals surface area contributed by atoms with Gasteiger partial charge in [-0.2, -0.15) is 22.7 Å². The number of hydrogen-bond acceptors (Lipinski definition) is 0. The van der Waals surface area contributed by atoms with Crippen LogP contribution in [0.15, 0.2) is 78.9 Å². The quantitative estimate of drug-likeness (QED) is 0.390. The molecule has 140 valence electrons. The van der Waals surface area contributed by atoms with Gasteiger partial charge in [0.25, 0.3) is 0 Å². The van der Waals surface area contributed by atoms with Crippen LogP contribution in [0.5, 0.6) is 0 Å². The summed E-state index contributed by atoms with van der Waals surface area (Å²) in [5, 5.41) is 0. The van der Waals surface area contributed by atoms with Gasteiger partial charge in [0, 0.05) is 0 Å². The molecule has 27 heavy (non-hydrogen) atoms. The molecule has 3 aromatic rings. The van der Waals surface area contributed by atoms with Gasteiger partial charge in [0.15, 0.2) is 0 Å². The zero-order chi connectivity index (χ0) is 19.1. The molecule has 0 saturated heterocycles. The molecule has 3 aromatic carbocycles. The Bertz CT molecular complexity index is 781. The molecule has 0 unspecified atom stereocenters. The van der Waals surface area contributed by atoms with Crippen molar-refractivity contribution in [2.45, 2.75) is 38.9 Å². The summed E-state index contributed by atoms with van der Waals surface area (Å²) in [6.07, 6.45) is 4.29. The monoisotopic (exact) mass is 363 g/mol. The summed E-state index contributed by atoms with van der Waals surface area (Å²) < 4.78 is 27.3. The van der Waals surface area contributed by atoms with Crippen molar-refractivity contribution in [3.05, 3.63) is 90.5 Å². The number of hydrogen-bond donors (Lipinski definition) is 0. The standard InChI is InChI=1S/C24H26BF2/c1-2-3-4-8-19-25(20-9-6-5-7-10-20,21-11-15-23(26)16-12-21)22-13-17-24(27)18-14-22/h5-7,9-18H,2-4,8,19H2,1H3/q-1. The zero-order valence-corrected chi connectivity index (χ0v) is 15.9. The molecule has 0 N–H and O–H groups in total. The van der Waals surface area contributed by atoms with Crippen molar-refractivity contribution in [2.75, 3.05) is 0 Å². The average molecular weight is 363 g/mol. The fraction of sp³-hybridized carbons (Fsp3) is 0.250. The van der Waals surface area contributed by atoms with Crippen LogP contribution in [0.4, 0.5) is 8.78 Å². The van der Waals surface area contributed by atoms with Gasteiger partial charge in [-0.25, -0.2) is 8.78 Å². The van der Waals surface area contributed by atoms with Crippen molar-refractivity contribution < 1.29 is 8.78 Å². The van der Waals surface area contributed by atoms with E-state index >= 15 is 0 Å². The third-order valence-electron chi connectivity index (χ3n) is 5.74. The average Bonchev–Trinajstić information content (AvgIpc) is 2.71. The molecule has 0 atom stereocenters. The molecule has 0 spiro atoms. The first-order valence-electron chi connectivity index (χ1n) is 9.91. The molecule has 0 aromatic heterocycles. The van der Waals surface area contributed by atoms with Crippen molar-refractivity contribution in [2.24, 2.45) is 0 Å². The summed E-state index contributed by atoms with van der Waals surface area (Å²) in [6.45, 7) is 2.20. The molecule has 3 heteroatoms. The Morgan fingerprint density at radius 2 is 1.07 bits per heavy atom. The van der Waals surface area contributed by atoms with Gasteiger partial charge in [0.05, 0.1) is 6.15 Å². The highest BCUT2D eigenvalue weighted by atomic mass is 19.1. The maximum Gasteiger partial charge on any atom is 0.122 e. The first kappa shape index (κ1) is 19.3. The highest BCUT2D eigenvalue weighted by Gasteiger charge is 2.29. The highest BCUT2D eigenvalue weighted by Crippen LogP contribution is 2.18. The molecule has 3 rings (SSSR count). The predicted molar refractivity (Wildman–Crippen MR) is 113 cm³/mol. The maximum absolute atomic E-state index is 13.6. The summed E-state index contributed by atoms with van der Waals surface area (Å²) >= 11 is 0. The molecule has 0 amide bonds. The third-order valence-corrected chi connectivity index (χ3v) is 5.74. The van der Waals surface area contributed by atoms with Crippen LogP contribution in [0.3, 0.4) is 0 Å². The largest absolute Gasteiger partial charge is 0.207 e. The Morgan fingerprint density at radius 1 is 0.593 bits per heavy atom. The lowest BCUT2D eigenvalue weighted by Gasteiger charge is -2.43. The van der Waals surface area contributed by atoms with Crippen molar-refractivity contribution in [1.82, 2.24) is 0 Å². The van der Waals surface area contributed by atoms with Gasteiger partial charge in [0.2, 0.25) is 0 Å². The van der Waals surface area contributed by atoms with Gasteiger partial charge >= 0.3 is 0 Å². The molecule has 0 fully saturated rings. The van der Waals surface area contributed by atoms with E-state index in [1.165, 1.54) is 42.6 Å². The van der Waals surface area contributed by atoms with Crippen molar-refractivity contribution in [1.29, 1.82) is 0 Å². The number of rotatable bonds is 8. The van der Waals surface area contributed by atoms with Gasteiger partial charge in [-0.1, -0.05) is 87.2 Å². The fourth-order valence-corrected chi connectivity index (χ4v) is 4.32. The fourth-order valence-electron chi connectivity index (χ4n) is 4.32. The van der Waals surface area contributed by atoms with E-state index in [9.17, 15) is 8.78 Å². The third kappa shape index (κ3) is 4.29. The second kappa shape index (κ2) is 8.99. The lowest BCUT2D eigenvalue weighted by Crippen LogP contribution is -2.67. The van der Waals surface area contributed by atoms with E-state index in [4.69, 9.17) is 0 Å². The summed E-state index contributed by atoms with van der Waals surface area (Å²) in [4.78, 5) is 0. The molecule has 0 aliphatic heterocycles. The molecule has 0 radical (unpaired) electrons. The Kier molecular flexibility index (Phi) is 6.44. The van der Waals surface area contributed by atoms with Crippen LogP contribution < -0.4 is 16.4 Å². The zero-order valence-electron chi connectivity index (χ0n) is 15.9. The van der Waals surface area contributed by atoms with E-state index in [1.54, 1.807) is 0 Å². The van der Waals surface area contributed by atoms with E-state index in [2.05, 4.69) is 19.1 Å². The van der Waals surface area contributed by atoms with E-state index in [-0.39, 0.29) is 11.6 Å². The van der Waals surface area contributed by atoms with Gasteiger partial charge in [0.1, 0.15) is 11.6 Å². The predicted octanol–water partition coefficient (Wildman–Crippen LogP) is 5.02. The second-order valence-electron chi connectivity index (χ2n) is 7.41. The van der Waals surface area contributed by atoms with Gasteiger partial charge in [-0.3, -0.25) is 0 Å². The van der Waals surface area contributed by atoms with Gasteiger partial charge < -0.3 is 0 Å². The smallest absolute Gasteiger partial charge is 0.122 e. The number of benzene rings is 3. The summed E-state index contributed by atoms with van der Waals surface area (Å²) in [5.74, 6) is -0.469. The molecule has 0 heterocycles. The minimum absolute atomic E-state index is 0.235. The van der Waals surface area contributed by atoms with E-state index in [0.717, 1.165) is 30.1 Å². The van der Waals surface area contributed by atoms with Crippen LogP contribution in [0, 0.1) is 11.6 Å². The van der Waals surface area contributed by atoms with E-state index < -0.39 is 6.15 Å². The molecule has 0 aliphatic carbocycles. The minimum atomic E-state index is -1.29. The summed E-state index contributed by atoms with van der Waals surface area (Å²) in [5.41, 5.74) is 3.42. The van der Waals surface area contributed by atoms with Crippen LogP contribution in [-0.2, 0) is 0 Å². The first-order chi connectivity index (χ1) is 13.2. The Hall–Kier alpha value is -2.42. The Balaban J connectivity index is 2.16. The second-order valence-corrected chi connectivity index (χ2v) is 7.41. The first-order valence-corrected chi connectivity index (χ1v) is 9.91. The van der Waals surface area contributed by atoms with Crippen LogP contribution in [0.25, 0.3) is 0 Å². The molecule has 0 bridgehead atoms. The van der Waals surface area contributed by atoms with Crippen LogP contribution >= 0.6 is 0 Å². The lowest BCUT2D eigenvalue weighted by atomic mass is 9.14. The number of unbranched alkanes of at least 4 members (excludes halogenated alkanes) is 3. The van der Waals surface area contributed by atoms with Crippen molar-refractivity contribution >= 4 is 22.5 Å². The minimum Gasteiger partial charge on any atom is -0.207 e. The SMILES string of the molecule is CCCCCC[B-](c1ccccc1)(c1ccc(F)cc1)c1ccc(F)cc1. The normalized spacial score (nSPS) is 11.5. The molecule has 0 nitrogen and oxygen atoms in total. The molecule has 0 aliphatic rings. The maximum atomic E-state index is 13.6. The van der Waals surface area contributed by atoms with Crippen LogP contribution in [0.1, 0.15) is 32.6 Å². The number of halogens is 2. The Morgan fingerprint density at radius 3 is 1.56 bits per heavy atom. The van der Waals surface area contributed by atoms with E-state index in [1.807, 2.05) is 42.5 Å². The topological polar surface area (TPSA) is 0 Å².